The summed E-state index contributed by atoms with van der Waals surface area (Å²) in [6, 6.07) is 4.11. The Morgan fingerprint density at radius 1 is 1.24 bits per heavy atom. The summed E-state index contributed by atoms with van der Waals surface area (Å²) in [4.78, 5) is 22.8. The molecule has 1 amide bonds. The predicted octanol–water partition coefficient (Wildman–Crippen LogP) is 3.41. The number of rotatable bonds is 2. The van der Waals surface area contributed by atoms with E-state index in [2.05, 4.69) is 5.32 Å². The van der Waals surface area contributed by atoms with Crippen molar-refractivity contribution in [2.45, 2.75) is 20.0 Å². The Morgan fingerprint density at radius 3 is 2.48 bits per heavy atom. The molecule has 7 heteroatoms. The van der Waals surface area contributed by atoms with Crippen molar-refractivity contribution >= 4 is 22.6 Å². The van der Waals surface area contributed by atoms with Crippen LogP contribution in [0.25, 0.3) is 11.0 Å². The molecule has 1 aromatic heterocycles. The Bertz CT molecular complexity index is 747. The van der Waals surface area contributed by atoms with Crippen molar-refractivity contribution in [2.24, 2.45) is 5.92 Å². The molecular formula is C14H12F3NO3. The fraction of sp³-hybridized carbons (Fsp3) is 0.286. The number of hydrogen-bond donors (Lipinski definition) is 1. The van der Waals surface area contributed by atoms with Gasteiger partial charge in [-0.05, 0) is 12.1 Å². The van der Waals surface area contributed by atoms with Crippen LogP contribution in [0.1, 0.15) is 19.4 Å². The lowest BCUT2D eigenvalue weighted by molar-refractivity contribution is -0.136. The molecule has 0 atom stereocenters. The number of carbonyl (C=O) groups is 1. The Hall–Kier alpha value is -2.31. The molecule has 2 rings (SSSR count). The maximum Gasteiger partial charge on any atom is 0.417 e. The number of alkyl halides is 3. The van der Waals surface area contributed by atoms with E-state index in [9.17, 15) is 22.8 Å². The van der Waals surface area contributed by atoms with Gasteiger partial charge in [0.2, 0.25) is 5.91 Å². The lowest BCUT2D eigenvalue weighted by Gasteiger charge is -2.11. The van der Waals surface area contributed by atoms with Gasteiger partial charge in [-0.15, -0.1) is 0 Å². The molecule has 0 radical (unpaired) electrons. The first kappa shape index (κ1) is 15.1. The van der Waals surface area contributed by atoms with Crippen molar-refractivity contribution in [3.63, 3.8) is 0 Å². The van der Waals surface area contributed by atoms with Crippen molar-refractivity contribution in [1.29, 1.82) is 0 Å². The normalized spacial score (nSPS) is 11.9. The summed E-state index contributed by atoms with van der Waals surface area (Å²) >= 11 is 0. The second-order valence-corrected chi connectivity index (χ2v) is 4.83. The van der Waals surface area contributed by atoms with Crippen LogP contribution in [-0.4, -0.2) is 5.91 Å². The van der Waals surface area contributed by atoms with Crippen LogP contribution in [0.5, 0.6) is 0 Å². The lowest BCUT2D eigenvalue weighted by atomic mass is 10.1. The molecule has 0 bridgehead atoms. The van der Waals surface area contributed by atoms with Crippen molar-refractivity contribution in [3.8, 4) is 0 Å². The smallest absolute Gasteiger partial charge is 0.417 e. The second kappa shape index (κ2) is 5.23. The van der Waals surface area contributed by atoms with Crippen LogP contribution in [0, 0.1) is 5.92 Å². The summed E-state index contributed by atoms with van der Waals surface area (Å²) in [6.07, 6.45) is -4.66. The van der Waals surface area contributed by atoms with Gasteiger partial charge in [-0.25, -0.2) is 4.79 Å². The molecule has 0 saturated carbocycles. The minimum atomic E-state index is -4.66. The number of benzene rings is 1. The van der Waals surface area contributed by atoms with Gasteiger partial charge in [0.05, 0.1) is 5.56 Å². The molecule has 0 spiro atoms. The van der Waals surface area contributed by atoms with Gasteiger partial charge in [-0.2, -0.15) is 13.2 Å². The second-order valence-electron chi connectivity index (χ2n) is 4.83. The zero-order valence-corrected chi connectivity index (χ0v) is 11.2. The molecule has 0 aliphatic rings. The number of amides is 1. The Kier molecular flexibility index (Phi) is 3.76. The highest BCUT2D eigenvalue weighted by Gasteiger charge is 2.33. The molecule has 112 valence electrons. The topological polar surface area (TPSA) is 59.3 Å². The SMILES string of the molecule is CC(C)C(=O)Nc1ccc2c(C(F)(F)F)cc(=O)oc2c1. The summed E-state index contributed by atoms with van der Waals surface area (Å²) < 4.78 is 43.4. The highest BCUT2D eigenvalue weighted by molar-refractivity contribution is 5.94. The largest absolute Gasteiger partial charge is 0.423 e. The summed E-state index contributed by atoms with van der Waals surface area (Å²) in [7, 11) is 0. The molecule has 0 unspecified atom stereocenters. The van der Waals surface area contributed by atoms with E-state index >= 15 is 0 Å². The monoisotopic (exact) mass is 299 g/mol. The van der Waals surface area contributed by atoms with Gasteiger partial charge in [-0.3, -0.25) is 4.79 Å². The number of hydrogen-bond acceptors (Lipinski definition) is 3. The van der Waals surface area contributed by atoms with E-state index in [1.54, 1.807) is 13.8 Å². The van der Waals surface area contributed by atoms with Crippen LogP contribution in [-0.2, 0) is 11.0 Å². The first-order chi connectivity index (χ1) is 9.68. The summed E-state index contributed by atoms with van der Waals surface area (Å²) in [5.41, 5.74) is -2.11. The van der Waals surface area contributed by atoms with Gasteiger partial charge in [0.1, 0.15) is 5.58 Å². The maximum atomic E-state index is 12.9. The van der Waals surface area contributed by atoms with Crippen molar-refractivity contribution < 1.29 is 22.4 Å². The van der Waals surface area contributed by atoms with E-state index in [-0.39, 0.29) is 28.5 Å². The van der Waals surface area contributed by atoms with E-state index < -0.39 is 17.4 Å². The van der Waals surface area contributed by atoms with Crippen LogP contribution in [0.2, 0.25) is 0 Å². The fourth-order valence-corrected chi connectivity index (χ4v) is 1.76. The molecule has 2 aromatic rings. The third kappa shape index (κ3) is 3.24. The van der Waals surface area contributed by atoms with Gasteiger partial charge in [0, 0.05) is 29.1 Å². The molecule has 1 aromatic carbocycles. The van der Waals surface area contributed by atoms with Gasteiger partial charge < -0.3 is 9.73 Å². The Labute approximate surface area is 117 Å². The van der Waals surface area contributed by atoms with Crippen LogP contribution >= 0.6 is 0 Å². The summed E-state index contributed by atoms with van der Waals surface area (Å²) in [5, 5.41) is 2.30. The molecule has 1 N–H and O–H groups in total. The zero-order valence-electron chi connectivity index (χ0n) is 11.2. The van der Waals surface area contributed by atoms with E-state index in [0.717, 1.165) is 6.07 Å². The molecular weight excluding hydrogens is 287 g/mol. The number of nitrogens with one attached hydrogen (secondary N) is 1. The van der Waals surface area contributed by atoms with Crippen molar-refractivity contribution in [2.75, 3.05) is 5.32 Å². The number of carbonyl (C=O) groups excluding carboxylic acids is 1. The first-order valence-electron chi connectivity index (χ1n) is 6.14. The number of fused-ring (bicyclic) bond motifs is 1. The molecule has 0 fully saturated rings. The van der Waals surface area contributed by atoms with Crippen molar-refractivity contribution in [1.82, 2.24) is 0 Å². The molecule has 0 saturated heterocycles. The standard InChI is InChI=1S/C14H12F3NO3/c1-7(2)13(20)18-8-3-4-9-10(14(15,16)17)6-12(19)21-11(9)5-8/h3-7H,1-2H3,(H,18,20). The fourth-order valence-electron chi connectivity index (χ4n) is 1.76. The minimum Gasteiger partial charge on any atom is -0.423 e. The van der Waals surface area contributed by atoms with Crippen molar-refractivity contribution in [3.05, 3.63) is 40.2 Å². The zero-order chi connectivity index (χ0) is 15.8. The van der Waals surface area contributed by atoms with Gasteiger partial charge in [0.25, 0.3) is 0 Å². The first-order valence-corrected chi connectivity index (χ1v) is 6.14. The van der Waals surface area contributed by atoms with E-state index in [1.807, 2.05) is 0 Å². The van der Waals surface area contributed by atoms with Gasteiger partial charge in [-0.1, -0.05) is 13.8 Å². The van der Waals surface area contributed by atoms with Gasteiger partial charge in [0.15, 0.2) is 0 Å². The third-order valence-corrected chi connectivity index (χ3v) is 2.84. The maximum absolute atomic E-state index is 12.9. The molecule has 1 heterocycles. The third-order valence-electron chi connectivity index (χ3n) is 2.84. The predicted molar refractivity (Wildman–Crippen MR) is 71.0 cm³/mol. The Morgan fingerprint density at radius 2 is 1.90 bits per heavy atom. The summed E-state index contributed by atoms with van der Waals surface area (Å²) in [5.74, 6) is -0.571. The highest BCUT2D eigenvalue weighted by Crippen LogP contribution is 2.34. The quantitative estimate of drug-likeness (QED) is 0.865. The average Bonchev–Trinajstić information content (AvgIpc) is 2.36. The highest BCUT2D eigenvalue weighted by atomic mass is 19.4. The van der Waals surface area contributed by atoms with Crippen LogP contribution < -0.4 is 10.9 Å². The minimum absolute atomic E-state index is 0.226. The molecule has 4 nitrogen and oxygen atoms in total. The van der Waals surface area contributed by atoms with Gasteiger partial charge >= 0.3 is 11.8 Å². The number of anilines is 1. The van der Waals surface area contributed by atoms with Crippen LogP contribution in [0.3, 0.4) is 0 Å². The van der Waals surface area contributed by atoms with E-state index in [4.69, 9.17) is 4.42 Å². The average molecular weight is 299 g/mol. The molecule has 21 heavy (non-hydrogen) atoms. The van der Waals surface area contributed by atoms with Crippen LogP contribution in [0.4, 0.5) is 18.9 Å². The molecule has 0 aliphatic carbocycles. The molecule has 0 aliphatic heterocycles. The Balaban J connectivity index is 2.55. The lowest BCUT2D eigenvalue weighted by Crippen LogP contribution is -2.17. The van der Waals surface area contributed by atoms with E-state index in [0.29, 0.717) is 6.07 Å². The summed E-state index contributed by atoms with van der Waals surface area (Å²) in [6.45, 7) is 3.36. The van der Waals surface area contributed by atoms with E-state index in [1.165, 1.54) is 12.1 Å². The van der Waals surface area contributed by atoms with Crippen LogP contribution in [0.15, 0.2) is 33.5 Å². The number of halogens is 3.